The molecule has 7 heteroatoms. The molecule has 0 aliphatic carbocycles. The highest BCUT2D eigenvalue weighted by Gasteiger charge is 2.19. The summed E-state index contributed by atoms with van der Waals surface area (Å²) in [6, 6.07) is 13.9. The van der Waals surface area contributed by atoms with Crippen LogP contribution in [0, 0.1) is 5.41 Å². The minimum atomic E-state index is -0.504. The number of hydrogen-bond donors (Lipinski definition) is 0. The number of benzene rings is 1. The van der Waals surface area contributed by atoms with Gasteiger partial charge in [-0.05, 0) is 23.8 Å². The first kappa shape index (κ1) is 22.6. The SMILES string of the molecule is Cn1c(=O)/c(=C\c2cn(Cc3ccccc3)nc2-c2cccnc2)s/c1=C\C(=O)C(C)(C)C. The number of rotatable bonds is 5. The van der Waals surface area contributed by atoms with E-state index in [0.29, 0.717) is 15.7 Å². The maximum atomic E-state index is 12.9. The number of Topliss-reactive ketones (excluding diaryl/α,β-unsaturated/α-hetero) is 1. The van der Waals surface area contributed by atoms with Gasteiger partial charge in [-0.1, -0.05) is 51.1 Å². The van der Waals surface area contributed by atoms with Gasteiger partial charge in [-0.2, -0.15) is 5.10 Å². The Balaban J connectivity index is 1.83. The summed E-state index contributed by atoms with van der Waals surface area (Å²) >= 11 is 1.31. The molecule has 0 radical (unpaired) electrons. The third-order valence-electron chi connectivity index (χ3n) is 5.25. The van der Waals surface area contributed by atoms with Crippen LogP contribution in [-0.2, 0) is 18.4 Å². The largest absolute Gasteiger partial charge is 0.302 e. The molecule has 3 heterocycles. The molecule has 6 nitrogen and oxygen atoms in total. The average Bonchev–Trinajstić information content (AvgIpc) is 3.30. The first-order chi connectivity index (χ1) is 15.7. The van der Waals surface area contributed by atoms with Gasteiger partial charge in [0.05, 0.1) is 11.1 Å². The molecule has 0 unspecified atom stereocenters. The number of thiazole rings is 1. The molecule has 4 rings (SSSR count). The number of carbonyl (C=O) groups is 1. The second kappa shape index (κ2) is 9.11. The molecular weight excluding hydrogens is 432 g/mol. The lowest BCUT2D eigenvalue weighted by Crippen LogP contribution is -2.30. The minimum absolute atomic E-state index is 0.0161. The smallest absolute Gasteiger partial charge is 0.268 e. The van der Waals surface area contributed by atoms with Crippen LogP contribution in [0.2, 0.25) is 0 Å². The van der Waals surface area contributed by atoms with Crippen LogP contribution in [0.4, 0.5) is 0 Å². The summed E-state index contributed by atoms with van der Waals surface area (Å²) in [5.74, 6) is -0.0161. The molecule has 0 N–H and O–H groups in total. The molecule has 0 aliphatic heterocycles. The molecule has 0 aliphatic rings. The summed E-state index contributed by atoms with van der Waals surface area (Å²) in [7, 11) is 1.69. The normalized spacial score (nSPS) is 13.0. The Labute approximate surface area is 196 Å². The van der Waals surface area contributed by atoms with Gasteiger partial charge in [0.15, 0.2) is 5.78 Å². The first-order valence-electron chi connectivity index (χ1n) is 10.7. The van der Waals surface area contributed by atoms with E-state index in [1.54, 1.807) is 25.5 Å². The Morgan fingerprint density at radius 3 is 2.55 bits per heavy atom. The number of aromatic nitrogens is 4. The van der Waals surface area contributed by atoms with Crippen molar-refractivity contribution >= 4 is 29.3 Å². The Hall–Kier alpha value is -3.58. The van der Waals surface area contributed by atoms with Gasteiger partial charge in [-0.15, -0.1) is 11.3 Å². The number of hydrogen-bond acceptors (Lipinski definition) is 5. The highest BCUT2D eigenvalue weighted by molar-refractivity contribution is 7.07. The summed E-state index contributed by atoms with van der Waals surface area (Å²) < 4.78 is 4.58. The molecule has 3 aromatic heterocycles. The quantitative estimate of drug-likeness (QED) is 0.461. The fourth-order valence-electron chi connectivity index (χ4n) is 3.30. The van der Waals surface area contributed by atoms with Crippen molar-refractivity contribution < 1.29 is 4.79 Å². The summed E-state index contributed by atoms with van der Waals surface area (Å²) in [6.45, 7) is 6.22. The predicted octanol–water partition coefficient (Wildman–Crippen LogP) is 2.98. The van der Waals surface area contributed by atoms with E-state index in [0.717, 1.165) is 22.4 Å². The molecule has 1 aromatic carbocycles. The second-order valence-electron chi connectivity index (χ2n) is 8.93. The molecule has 168 valence electrons. The Morgan fingerprint density at radius 2 is 1.88 bits per heavy atom. The van der Waals surface area contributed by atoms with Crippen LogP contribution < -0.4 is 14.8 Å². The van der Waals surface area contributed by atoms with E-state index in [2.05, 4.69) is 17.1 Å². The van der Waals surface area contributed by atoms with Crippen molar-refractivity contribution in [2.75, 3.05) is 0 Å². The second-order valence-corrected chi connectivity index (χ2v) is 9.99. The number of ketones is 1. The average molecular weight is 459 g/mol. The highest BCUT2D eigenvalue weighted by Crippen LogP contribution is 2.22. The molecule has 0 atom stereocenters. The Morgan fingerprint density at radius 1 is 1.12 bits per heavy atom. The van der Waals surface area contributed by atoms with Gasteiger partial charge in [-0.25, -0.2) is 0 Å². The fourth-order valence-corrected chi connectivity index (χ4v) is 4.32. The monoisotopic (exact) mass is 458 g/mol. The van der Waals surface area contributed by atoms with E-state index >= 15 is 0 Å². The van der Waals surface area contributed by atoms with E-state index in [1.165, 1.54) is 15.9 Å². The molecule has 0 fully saturated rings. The van der Waals surface area contributed by atoms with Gasteiger partial charge >= 0.3 is 0 Å². The molecular formula is C26H26N4O2S. The van der Waals surface area contributed by atoms with Crippen LogP contribution in [0.15, 0.2) is 65.8 Å². The number of carbonyl (C=O) groups excluding carboxylic acids is 1. The van der Waals surface area contributed by atoms with Crippen LogP contribution in [0.3, 0.4) is 0 Å². The first-order valence-corrected chi connectivity index (χ1v) is 11.5. The van der Waals surface area contributed by atoms with Crippen molar-refractivity contribution in [3.8, 4) is 11.3 Å². The molecule has 0 bridgehead atoms. The third-order valence-corrected chi connectivity index (χ3v) is 6.37. The number of nitrogens with zero attached hydrogens (tertiary/aromatic N) is 4. The lowest BCUT2D eigenvalue weighted by atomic mass is 9.91. The third kappa shape index (κ3) is 5.09. The van der Waals surface area contributed by atoms with Gasteiger partial charge < -0.3 is 4.57 Å². The molecule has 0 amide bonds. The van der Waals surface area contributed by atoms with Crippen LogP contribution in [0.5, 0.6) is 0 Å². The van der Waals surface area contributed by atoms with Crippen molar-refractivity contribution in [1.29, 1.82) is 0 Å². The van der Waals surface area contributed by atoms with Crippen molar-refractivity contribution in [2.24, 2.45) is 12.5 Å². The zero-order valence-electron chi connectivity index (χ0n) is 19.1. The maximum absolute atomic E-state index is 12.9. The predicted molar refractivity (Wildman–Crippen MR) is 132 cm³/mol. The lowest BCUT2D eigenvalue weighted by molar-refractivity contribution is -0.120. The van der Waals surface area contributed by atoms with Crippen LogP contribution in [-0.4, -0.2) is 25.1 Å². The standard InChI is InChI=1S/C26H26N4O2S/c1-26(2,3)22(31)14-23-29(4)25(32)21(33-23)13-20-17-30(16-18-9-6-5-7-10-18)28-24(20)19-11-8-12-27-15-19/h5-15,17H,16H2,1-4H3/b21-13+,23-14-. The topological polar surface area (TPSA) is 69.8 Å². The van der Waals surface area contributed by atoms with E-state index in [1.807, 2.05) is 68.1 Å². The van der Waals surface area contributed by atoms with Gasteiger partial charge in [0.1, 0.15) is 10.4 Å². The summed E-state index contributed by atoms with van der Waals surface area (Å²) in [4.78, 5) is 29.7. The van der Waals surface area contributed by atoms with Gasteiger partial charge in [0.2, 0.25) is 0 Å². The van der Waals surface area contributed by atoms with Crippen molar-refractivity contribution in [3.63, 3.8) is 0 Å². The zero-order valence-corrected chi connectivity index (χ0v) is 20.0. The van der Waals surface area contributed by atoms with E-state index in [9.17, 15) is 9.59 Å². The van der Waals surface area contributed by atoms with Crippen molar-refractivity contribution in [3.05, 3.63) is 91.7 Å². The zero-order chi connectivity index (χ0) is 23.6. The van der Waals surface area contributed by atoms with Gasteiger partial charge in [0.25, 0.3) is 5.56 Å². The van der Waals surface area contributed by atoms with Crippen molar-refractivity contribution in [2.45, 2.75) is 27.3 Å². The summed E-state index contributed by atoms with van der Waals surface area (Å²) in [5.41, 5.74) is 2.95. The molecule has 4 aromatic rings. The number of pyridine rings is 1. The summed E-state index contributed by atoms with van der Waals surface area (Å²) in [5, 5.41) is 4.79. The molecule has 0 saturated heterocycles. The molecule has 0 spiro atoms. The van der Waals surface area contributed by atoms with Crippen LogP contribution in [0.25, 0.3) is 23.4 Å². The van der Waals surface area contributed by atoms with Crippen LogP contribution in [0.1, 0.15) is 31.9 Å². The van der Waals surface area contributed by atoms with Crippen LogP contribution >= 0.6 is 11.3 Å². The molecule has 0 saturated carbocycles. The minimum Gasteiger partial charge on any atom is -0.302 e. The Kier molecular flexibility index (Phi) is 6.24. The van der Waals surface area contributed by atoms with Crippen molar-refractivity contribution in [1.82, 2.24) is 19.3 Å². The fraction of sp³-hybridized carbons (Fsp3) is 0.231. The van der Waals surface area contributed by atoms with Gasteiger partial charge in [0, 0.05) is 48.3 Å². The highest BCUT2D eigenvalue weighted by atomic mass is 32.1. The van der Waals surface area contributed by atoms with E-state index < -0.39 is 5.41 Å². The van der Waals surface area contributed by atoms with Gasteiger partial charge in [-0.3, -0.25) is 19.3 Å². The maximum Gasteiger partial charge on any atom is 0.268 e. The lowest BCUT2D eigenvalue weighted by Gasteiger charge is -2.12. The van der Waals surface area contributed by atoms with E-state index in [4.69, 9.17) is 5.10 Å². The molecule has 33 heavy (non-hydrogen) atoms. The summed E-state index contributed by atoms with van der Waals surface area (Å²) in [6.07, 6.45) is 8.84. The Bertz CT molecular complexity index is 1460. The van der Waals surface area contributed by atoms with E-state index in [-0.39, 0.29) is 11.3 Å².